The summed E-state index contributed by atoms with van der Waals surface area (Å²) in [6.45, 7) is 2.50. The van der Waals surface area contributed by atoms with Crippen molar-refractivity contribution in [3.8, 4) is 11.5 Å². The Morgan fingerprint density at radius 3 is 2.36 bits per heavy atom. The van der Waals surface area contributed by atoms with Gasteiger partial charge in [-0.15, -0.1) is 0 Å². The van der Waals surface area contributed by atoms with Crippen molar-refractivity contribution in [2.24, 2.45) is 0 Å². The molecule has 7 heteroatoms. The Hall–Kier alpha value is -3.87. The van der Waals surface area contributed by atoms with Crippen LogP contribution in [-0.4, -0.2) is 43.0 Å². The largest absolute Gasteiger partial charge is 0.497 e. The van der Waals surface area contributed by atoms with E-state index < -0.39 is 6.04 Å². The van der Waals surface area contributed by atoms with Crippen LogP contribution in [0.3, 0.4) is 0 Å². The number of benzene rings is 3. The number of nitrogens with one attached hydrogen (secondary N) is 1. The zero-order chi connectivity index (χ0) is 25.8. The first-order valence-corrected chi connectivity index (χ1v) is 12.1. The monoisotopic (exact) mass is 492 g/mol. The summed E-state index contributed by atoms with van der Waals surface area (Å²) >= 11 is 0. The first-order valence-electron chi connectivity index (χ1n) is 12.1. The summed E-state index contributed by atoms with van der Waals surface area (Å²) < 4.78 is 24.3. The highest BCUT2D eigenvalue weighted by Crippen LogP contribution is 2.19. The van der Waals surface area contributed by atoms with E-state index in [4.69, 9.17) is 9.47 Å². The van der Waals surface area contributed by atoms with Gasteiger partial charge in [0.2, 0.25) is 5.91 Å². The molecule has 1 N–H and O–H groups in total. The van der Waals surface area contributed by atoms with Crippen molar-refractivity contribution in [3.05, 3.63) is 95.8 Å². The Morgan fingerprint density at radius 1 is 0.944 bits per heavy atom. The Labute approximate surface area is 212 Å². The molecule has 2 amide bonds. The number of hydrogen-bond donors (Lipinski definition) is 1. The average Bonchev–Trinajstić information content (AvgIpc) is 2.91. The summed E-state index contributed by atoms with van der Waals surface area (Å²) in [6.07, 6.45) is 2.15. The normalized spacial score (nSPS) is 11.4. The zero-order valence-electron chi connectivity index (χ0n) is 20.8. The first kappa shape index (κ1) is 26.7. The van der Waals surface area contributed by atoms with Gasteiger partial charge in [0.25, 0.3) is 5.91 Å². The molecular weight excluding hydrogens is 459 g/mol. The lowest BCUT2D eigenvalue weighted by Crippen LogP contribution is -2.51. The number of amides is 2. The van der Waals surface area contributed by atoms with E-state index in [1.165, 1.54) is 24.3 Å². The molecule has 3 aromatic carbocycles. The number of carbonyl (C=O) groups excluding carboxylic acids is 2. The molecule has 3 aromatic rings. The van der Waals surface area contributed by atoms with Gasteiger partial charge in [-0.25, -0.2) is 4.39 Å². The molecule has 0 aliphatic rings. The van der Waals surface area contributed by atoms with Crippen molar-refractivity contribution in [1.29, 1.82) is 0 Å². The number of halogens is 1. The third-order valence-electron chi connectivity index (χ3n) is 5.76. The molecule has 0 heterocycles. The summed E-state index contributed by atoms with van der Waals surface area (Å²) in [4.78, 5) is 28.5. The Bertz CT molecular complexity index is 1110. The summed E-state index contributed by atoms with van der Waals surface area (Å²) in [7, 11) is 1.58. The van der Waals surface area contributed by atoms with Crippen LogP contribution in [0.2, 0.25) is 0 Å². The molecule has 0 bridgehead atoms. The van der Waals surface area contributed by atoms with Crippen LogP contribution in [0.15, 0.2) is 78.9 Å². The fourth-order valence-electron chi connectivity index (χ4n) is 3.79. The van der Waals surface area contributed by atoms with Gasteiger partial charge in [0.15, 0.2) is 6.61 Å². The summed E-state index contributed by atoms with van der Waals surface area (Å²) in [5.41, 5.74) is 1.76. The number of unbranched alkanes of at least 4 members (excludes halogenated alkanes) is 1. The molecule has 0 aromatic heterocycles. The van der Waals surface area contributed by atoms with Crippen LogP contribution in [0, 0.1) is 5.82 Å². The van der Waals surface area contributed by atoms with Crippen molar-refractivity contribution in [3.63, 3.8) is 0 Å². The zero-order valence-corrected chi connectivity index (χ0v) is 20.8. The number of nitrogens with zero attached hydrogens (tertiary/aromatic N) is 1. The van der Waals surface area contributed by atoms with E-state index >= 15 is 0 Å². The number of ether oxygens (including phenoxy) is 2. The van der Waals surface area contributed by atoms with Crippen molar-refractivity contribution in [2.45, 2.75) is 38.8 Å². The Balaban J connectivity index is 1.89. The first-order chi connectivity index (χ1) is 17.5. The second kappa shape index (κ2) is 13.9. The standard InChI is InChI=1S/C29H33FN2O4/c1-3-4-17-31-29(34)27(19-22-9-6-5-7-10-22)32(20-23-11-8-12-26(18-23)35-2)28(33)21-36-25-15-13-24(30)14-16-25/h5-16,18,27H,3-4,17,19-21H2,1-2H3,(H,31,34)/t27-/m0/s1. The lowest BCUT2D eigenvalue weighted by molar-refractivity contribution is -0.142. The maximum atomic E-state index is 13.5. The van der Waals surface area contributed by atoms with E-state index in [0.29, 0.717) is 24.5 Å². The molecule has 6 nitrogen and oxygen atoms in total. The van der Waals surface area contributed by atoms with E-state index in [-0.39, 0.29) is 30.8 Å². The Morgan fingerprint density at radius 2 is 1.67 bits per heavy atom. The summed E-state index contributed by atoms with van der Waals surface area (Å²) in [6, 6.07) is 21.7. The number of carbonyl (C=O) groups is 2. The maximum Gasteiger partial charge on any atom is 0.261 e. The smallest absolute Gasteiger partial charge is 0.261 e. The van der Waals surface area contributed by atoms with Gasteiger partial charge in [-0.2, -0.15) is 0 Å². The van der Waals surface area contributed by atoms with Gasteiger partial charge >= 0.3 is 0 Å². The molecule has 36 heavy (non-hydrogen) atoms. The van der Waals surface area contributed by atoms with Crippen LogP contribution in [0.5, 0.6) is 11.5 Å². The molecule has 0 aliphatic carbocycles. The number of methoxy groups -OCH3 is 1. The number of rotatable bonds is 13. The summed E-state index contributed by atoms with van der Waals surface area (Å²) in [5, 5.41) is 2.99. The van der Waals surface area contributed by atoms with Gasteiger partial charge in [-0.05, 0) is 53.9 Å². The topological polar surface area (TPSA) is 67.9 Å². The number of hydrogen-bond acceptors (Lipinski definition) is 4. The Kier molecular flexibility index (Phi) is 10.3. The highest BCUT2D eigenvalue weighted by molar-refractivity contribution is 5.88. The molecular formula is C29H33FN2O4. The lowest BCUT2D eigenvalue weighted by Gasteiger charge is -2.31. The van der Waals surface area contributed by atoms with Crippen molar-refractivity contribution >= 4 is 11.8 Å². The van der Waals surface area contributed by atoms with Crippen LogP contribution >= 0.6 is 0 Å². The fraction of sp³-hybridized carbons (Fsp3) is 0.310. The van der Waals surface area contributed by atoms with Gasteiger partial charge in [-0.1, -0.05) is 55.8 Å². The van der Waals surface area contributed by atoms with Gasteiger partial charge in [-0.3, -0.25) is 9.59 Å². The van der Waals surface area contributed by atoms with Gasteiger partial charge in [0.05, 0.1) is 7.11 Å². The fourth-order valence-corrected chi connectivity index (χ4v) is 3.79. The molecule has 0 radical (unpaired) electrons. The molecule has 0 spiro atoms. The lowest BCUT2D eigenvalue weighted by atomic mass is 10.0. The summed E-state index contributed by atoms with van der Waals surface area (Å²) in [5.74, 6) is 0.0756. The minimum atomic E-state index is -0.750. The second-order valence-corrected chi connectivity index (χ2v) is 8.47. The van der Waals surface area contributed by atoms with Crippen LogP contribution in [0.1, 0.15) is 30.9 Å². The quantitative estimate of drug-likeness (QED) is 0.349. The third kappa shape index (κ3) is 8.12. The van der Waals surface area contributed by atoms with Crippen molar-refractivity contribution in [2.75, 3.05) is 20.3 Å². The average molecular weight is 493 g/mol. The van der Waals surface area contributed by atoms with Crippen LogP contribution in [0.4, 0.5) is 4.39 Å². The van der Waals surface area contributed by atoms with E-state index in [1.54, 1.807) is 12.0 Å². The molecule has 0 saturated heterocycles. The van der Waals surface area contributed by atoms with Gasteiger partial charge in [0, 0.05) is 19.5 Å². The molecule has 0 saturated carbocycles. The van der Waals surface area contributed by atoms with E-state index in [2.05, 4.69) is 12.2 Å². The highest BCUT2D eigenvalue weighted by Gasteiger charge is 2.30. The van der Waals surface area contributed by atoms with Gasteiger partial charge < -0.3 is 19.7 Å². The third-order valence-corrected chi connectivity index (χ3v) is 5.76. The molecule has 0 unspecified atom stereocenters. The molecule has 190 valence electrons. The van der Waals surface area contributed by atoms with E-state index in [0.717, 1.165) is 24.0 Å². The maximum absolute atomic E-state index is 13.5. The molecule has 0 aliphatic heterocycles. The van der Waals surface area contributed by atoms with Crippen LogP contribution < -0.4 is 14.8 Å². The van der Waals surface area contributed by atoms with E-state index in [9.17, 15) is 14.0 Å². The van der Waals surface area contributed by atoms with Crippen molar-refractivity contribution in [1.82, 2.24) is 10.2 Å². The molecule has 0 fully saturated rings. The molecule has 1 atom stereocenters. The van der Waals surface area contributed by atoms with Crippen LogP contribution in [0.25, 0.3) is 0 Å². The van der Waals surface area contributed by atoms with Crippen LogP contribution in [-0.2, 0) is 22.6 Å². The molecule has 3 rings (SSSR count). The van der Waals surface area contributed by atoms with Crippen molar-refractivity contribution < 1.29 is 23.5 Å². The minimum absolute atomic E-state index is 0.196. The predicted molar refractivity (Wildman–Crippen MR) is 137 cm³/mol. The minimum Gasteiger partial charge on any atom is -0.497 e. The van der Waals surface area contributed by atoms with Gasteiger partial charge in [0.1, 0.15) is 23.4 Å². The van der Waals surface area contributed by atoms with E-state index in [1.807, 2.05) is 54.6 Å². The SMILES string of the molecule is CCCCNC(=O)[C@H](Cc1ccccc1)N(Cc1cccc(OC)c1)C(=O)COc1ccc(F)cc1. The highest BCUT2D eigenvalue weighted by atomic mass is 19.1. The predicted octanol–water partition coefficient (Wildman–Crippen LogP) is 4.77. The second-order valence-electron chi connectivity index (χ2n) is 8.47.